The number of amides is 1. The summed E-state index contributed by atoms with van der Waals surface area (Å²) in [5.74, 6) is -0.174. The second kappa shape index (κ2) is 5.34. The summed E-state index contributed by atoms with van der Waals surface area (Å²) in [6.45, 7) is 0. The summed E-state index contributed by atoms with van der Waals surface area (Å²) in [4.78, 5) is 24.7. The lowest BCUT2D eigenvalue weighted by molar-refractivity contribution is -0.384. The van der Waals surface area contributed by atoms with Crippen LogP contribution in [0.5, 0.6) is 0 Å². The summed E-state index contributed by atoms with van der Waals surface area (Å²) in [5.41, 5.74) is 0.605. The molecule has 0 radical (unpaired) electrons. The third-order valence-corrected chi connectivity index (χ3v) is 2.42. The average Bonchev–Trinajstić information content (AvgIpc) is 2.89. The van der Waals surface area contributed by atoms with Gasteiger partial charge in [-0.1, -0.05) is 0 Å². The van der Waals surface area contributed by atoms with Crippen molar-refractivity contribution in [2.24, 2.45) is 4.99 Å². The first-order valence-corrected chi connectivity index (χ1v) is 5.49. The fourth-order valence-corrected chi connectivity index (χ4v) is 1.53. The van der Waals surface area contributed by atoms with Gasteiger partial charge in [0, 0.05) is 17.7 Å². The van der Waals surface area contributed by atoms with E-state index in [4.69, 9.17) is 4.42 Å². The topological polar surface area (TPSA) is 85.7 Å². The molecule has 0 spiro atoms. The molecule has 0 atom stereocenters. The van der Waals surface area contributed by atoms with E-state index in [-0.39, 0.29) is 11.4 Å². The number of hydrogen-bond acceptors (Lipinski definition) is 5. The molecule has 0 aliphatic rings. The molecule has 7 heteroatoms. The van der Waals surface area contributed by atoms with Gasteiger partial charge in [-0.15, -0.1) is 4.99 Å². The van der Waals surface area contributed by atoms with Crippen LogP contribution in [0.25, 0.3) is 11.3 Å². The van der Waals surface area contributed by atoms with Crippen molar-refractivity contribution in [3.63, 3.8) is 0 Å². The molecule has 0 unspecified atom stereocenters. The second-order valence-electron chi connectivity index (χ2n) is 3.48. The molecule has 0 aliphatic heterocycles. The van der Waals surface area contributed by atoms with Crippen molar-refractivity contribution in [2.45, 2.75) is 0 Å². The van der Waals surface area contributed by atoms with Gasteiger partial charge in [0.05, 0.1) is 10.1 Å². The number of hydrogen-bond donors (Lipinski definition) is 0. The molecule has 1 heterocycles. The van der Waals surface area contributed by atoms with Crippen molar-refractivity contribution in [2.75, 3.05) is 0 Å². The summed E-state index contributed by atoms with van der Waals surface area (Å²) in [5, 5.41) is 12.5. The summed E-state index contributed by atoms with van der Waals surface area (Å²) in [6, 6.07) is 8.81. The van der Waals surface area contributed by atoms with E-state index in [2.05, 4.69) is 17.2 Å². The van der Waals surface area contributed by atoms with Gasteiger partial charge in [-0.05, 0) is 36.5 Å². The zero-order valence-electron chi connectivity index (χ0n) is 9.40. The molecule has 1 amide bonds. The molecular weight excluding hydrogens is 268 g/mol. The third-order valence-electron chi connectivity index (χ3n) is 2.33. The highest BCUT2D eigenvalue weighted by atomic mass is 32.1. The maximum Gasteiger partial charge on any atom is 0.321 e. The highest BCUT2D eigenvalue weighted by Gasteiger charge is 2.12. The molecule has 0 saturated carbocycles. The van der Waals surface area contributed by atoms with E-state index in [1.54, 1.807) is 6.07 Å². The lowest BCUT2D eigenvalue weighted by Gasteiger charge is -1.96. The Morgan fingerprint density at radius 1 is 1.26 bits per heavy atom. The van der Waals surface area contributed by atoms with Gasteiger partial charge in [-0.2, -0.15) is 0 Å². The fourth-order valence-electron chi connectivity index (χ4n) is 1.45. The molecule has 0 aliphatic carbocycles. The molecule has 6 nitrogen and oxygen atoms in total. The standard InChI is InChI=1S/C12H6N2O4S/c15-12(13-7-19)11-6-5-10(18-11)8-1-3-9(4-2-8)14(16)17/h1-6H. The van der Waals surface area contributed by atoms with Crippen molar-refractivity contribution in [3.05, 3.63) is 52.3 Å². The number of benzene rings is 1. The highest BCUT2D eigenvalue weighted by Crippen LogP contribution is 2.24. The number of nitro benzene ring substituents is 1. The van der Waals surface area contributed by atoms with Crippen LogP contribution < -0.4 is 0 Å². The normalized spacial score (nSPS) is 9.68. The minimum atomic E-state index is -0.622. The molecule has 0 bridgehead atoms. The summed E-state index contributed by atoms with van der Waals surface area (Å²) in [7, 11) is 0. The molecule has 2 aromatic rings. The average molecular weight is 274 g/mol. The predicted octanol–water partition coefficient (Wildman–Crippen LogP) is 3.10. The van der Waals surface area contributed by atoms with Crippen LogP contribution in [0.1, 0.15) is 10.6 Å². The Bertz CT molecular complexity index is 684. The van der Waals surface area contributed by atoms with Crippen molar-refractivity contribution >= 4 is 29.0 Å². The SMILES string of the molecule is O=C(N=C=S)c1ccc(-c2ccc([N+](=O)[O-])cc2)o1. The smallest absolute Gasteiger partial charge is 0.321 e. The van der Waals surface area contributed by atoms with Crippen LogP contribution in [0.4, 0.5) is 5.69 Å². The van der Waals surface area contributed by atoms with Gasteiger partial charge in [0.1, 0.15) is 5.76 Å². The first-order valence-electron chi connectivity index (χ1n) is 5.08. The summed E-state index contributed by atoms with van der Waals surface area (Å²) < 4.78 is 5.28. The second-order valence-corrected chi connectivity index (χ2v) is 3.66. The minimum absolute atomic E-state index is 0.0167. The number of rotatable bonds is 3. The van der Waals surface area contributed by atoms with E-state index in [0.29, 0.717) is 11.3 Å². The van der Waals surface area contributed by atoms with Crippen molar-refractivity contribution in [1.82, 2.24) is 0 Å². The van der Waals surface area contributed by atoms with Gasteiger partial charge in [0.25, 0.3) is 5.69 Å². The van der Waals surface area contributed by atoms with Crippen LogP contribution in [0.15, 0.2) is 45.8 Å². The van der Waals surface area contributed by atoms with Crippen LogP contribution in [0, 0.1) is 10.1 Å². The van der Waals surface area contributed by atoms with E-state index in [0.717, 1.165) is 0 Å². The molecular formula is C12H6N2O4S. The highest BCUT2D eigenvalue weighted by molar-refractivity contribution is 7.78. The van der Waals surface area contributed by atoms with Gasteiger partial charge in [-0.3, -0.25) is 14.9 Å². The Kier molecular flexibility index (Phi) is 3.61. The van der Waals surface area contributed by atoms with Crippen molar-refractivity contribution in [1.29, 1.82) is 0 Å². The van der Waals surface area contributed by atoms with E-state index < -0.39 is 10.8 Å². The van der Waals surface area contributed by atoms with Gasteiger partial charge < -0.3 is 4.42 Å². The first-order chi connectivity index (χ1) is 9.11. The lowest BCUT2D eigenvalue weighted by atomic mass is 10.1. The molecule has 1 aromatic carbocycles. The Morgan fingerprint density at radius 3 is 2.53 bits per heavy atom. The summed E-state index contributed by atoms with van der Waals surface area (Å²) >= 11 is 4.32. The minimum Gasteiger partial charge on any atom is -0.451 e. The number of carbonyl (C=O) groups is 1. The van der Waals surface area contributed by atoms with Crippen LogP contribution in [-0.2, 0) is 0 Å². The number of aliphatic imine (C=N–C) groups is 1. The fraction of sp³-hybridized carbons (Fsp3) is 0. The van der Waals surface area contributed by atoms with Crippen molar-refractivity contribution in [3.8, 4) is 11.3 Å². The van der Waals surface area contributed by atoms with Gasteiger partial charge >= 0.3 is 5.91 Å². The number of isothiocyanates is 1. The van der Waals surface area contributed by atoms with Gasteiger partial charge in [0.2, 0.25) is 0 Å². The van der Waals surface area contributed by atoms with Crippen LogP contribution in [0.3, 0.4) is 0 Å². The molecule has 0 saturated heterocycles. The number of thiocarbonyl (C=S) groups is 1. The Balaban J connectivity index is 2.30. The maximum atomic E-state index is 11.4. The predicted molar refractivity (Wildman–Crippen MR) is 70.2 cm³/mol. The third kappa shape index (κ3) is 2.79. The number of nitrogens with zero attached hydrogens (tertiary/aromatic N) is 2. The zero-order valence-corrected chi connectivity index (χ0v) is 10.2. The summed E-state index contributed by atoms with van der Waals surface area (Å²) in [6.07, 6.45) is 0. The number of carbonyl (C=O) groups excluding carboxylic acids is 1. The van der Waals surface area contributed by atoms with E-state index in [1.165, 1.54) is 30.3 Å². The quantitative estimate of drug-likeness (QED) is 0.371. The van der Waals surface area contributed by atoms with Gasteiger partial charge in [0.15, 0.2) is 5.76 Å². The van der Waals surface area contributed by atoms with Crippen molar-refractivity contribution < 1.29 is 14.1 Å². The molecule has 19 heavy (non-hydrogen) atoms. The Hall–Kier alpha value is -2.63. The van der Waals surface area contributed by atoms with E-state index in [9.17, 15) is 14.9 Å². The Labute approximate surface area is 112 Å². The molecule has 2 rings (SSSR count). The van der Waals surface area contributed by atoms with Crippen LogP contribution in [0.2, 0.25) is 0 Å². The van der Waals surface area contributed by atoms with Gasteiger partial charge in [-0.25, -0.2) is 0 Å². The number of non-ortho nitro benzene ring substituents is 1. The number of furan rings is 1. The molecule has 1 aromatic heterocycles. The molecule has 94 valence electrons. The van der Waals surface area contributed by atoms with E-state index in [1.807, 2.05) is 5.16 Å². The Morgan fingerprint density at radius 2 is 1.95 bits per heavy atom. The van der Waals surface area contributed by atoms with E-state index >= 15 is 0 Å². The van der Waals surface area contributed by atoms with Crippen LogP contribution >= 0.6 is 12.2 Å². The monoisotopic (exact) mass is 274 g/mol. The zero-order chi connectivity index (χ0) is 13.8. The lowest BCUT2D eigenvalue weighted by Crippen LogP contribution is -1.89. The first kappa shape index (κ1) is 12.8. The largest absolute Gasteiger partial charge is 0.451 e. The molecule has 0 fully saturated rings. The van der Waals surface area contributed by atoms with Crippen LogP contribution in [-0.4, -0.2) is 16.0 Å². The number of nitro groups is 1. The molecule has 0 N–H and O–H groups in total. The maximum absolute atomic E-state index is 11.4.